The molecule has 0 atom stereocenters. The van der Waals surface area contributed by atoms with Crippen LogP contribution in [-0.4, -0.2) is 41.5 Å². The third-order valence-corrected chi connectivity index (χ3v) is 4.02. The van der Waals surface area contributed by atoms with Crippen molar-refractivity contribution >= 4 is 5.91 Å². The fourth-order valence-electron chi connectivity index (χ4n) is 2.80. The molecule has 0 aliphatic carbocycles. The molecule has 0 spiro atoms. The number of carbonyl (C=O) groups excluding carboxylic acids is 1. The number of hydrogen-bond donors (Lipinski definition) is 3. The molecule has 1 fully saturated rings. The summed E-state index contributed by atoms with van der Waals surface area (Å²) in [4.78, 5) is 13.6. The number of likely N-dealkylation sites (tertiary alicyclic amines) is 1. The average molecular weight is 242 g/mol. The average Bonchev–Trinajstić information content (AvgIpc) is 2.21. The predicted octanol–water partition coefficient (Wildman–Crippen LogP) is 0.217. The molecule has 100 valence electrons. The second-order valence-corrected chi connectivity index (χ2v) is 6.24. The molecule has 0 saturated carbocycles. The van der Waals surface area contributed by atoms with Crippen molar-refractivity contribution in [3.05, 3.63) is 0 Å². The van der Waals surface area contributed by atoms with Gasteiger partial charge in [0.2, 0.25) is 5.91 Å². The number of amides is 1. The number of hydrazine groups is 1. The molecule has 5 nitrogen and oxygen atoms in total. The van der Waals surface area contributed by atoms with Gasteiger partial charge in [0, 0.05) is 17.1 Å². The summed E-state index contributed by atoms with van der Waals surface area (Å²) < 4.78 is 0. The monoisotopic (exact) mass is 242 g/mol. The SMILES string of the molecule is CN1C(C)(C)CC(NCC(=O)NN)CC1(C)C. The van der Waals surface area contributed by atoms with Crippen LogP contribution in [0.3, 0.4) is 0 Å². The molecule has 0 unspecified atom stereocenters. The number of nitrogens with one attached hydrogen (secondary N) is 2. The molecule has 0 aromatic heterocycles. The summed E-state index contributed by atoms with van der Waals surface area (Å²) in [6, 6.07) is 0.355. The van der Waals surface area contributed by atoms with Gasteiger partial charge in [0.25, 0.3) is 0 Å². The number of nitrogens with two attached hydrogens (primary N) is 1. The van der Waals surface area contributed by atoms with Gasteiger partial charge in [-0.25, -0.2) is 5.84 Å². The van der Waals surface area contributed by atoms with Gasteiger partial charge in [-0.2, -0.15) is 0 Å². The largest absolute Gasteiger partial charge is 0.305 e. The Morgan fingerprint density at radius 2 is 1.76 bits per heavy atom. The number of hydrogen-bond acceptors (Lipinski definition) is 4. The molecule has 1 aliphatic rings. The van der Waals surface area contributed by atoms with E-state index in [2.05, 4.69) is 50.4 Å². The van der Waals surface area contributed by atoms with Crippen LogP contribution in [-0.2, 0) is 4.79 Å². The molecule has 0 radical (unpaired) electrons. The van der Waals surface area contributed by atoms with Crippen LogP contribution in [0, 0.1) is 0 Å². The number of rotatable bonds is 3. The van der Waals surface area contributed by atoms with Crippen LogP contribution in [0.1, 0.15) is 40.5 Å². The van der Waals surface area contributed by atoms with Gasteiger partial charge in [-0.3, -0.25) is 15.1 Å². The number of carbonyl (C=O) groups is 1. The highest BCUT2D eigenvalue weighted by Crippen LogP contribution is 2.36. The van der Waals surface area contributed by atoms with E-state index in [4.69, 9.17) is 5.84 Å². The Morgan fingerprint density at radius 1 is 1.29 bits per heavy atom. The van der Waals surface area contributed by atoms with Crippen molar-refractivity contribution in [1.29, 1.82) is 0 Å². The van der Waals surface area contributed by atoms with Crippen molar-refractivity contribution in [2.45, 2.75) is 57.7 Å². The quantitative estimate of drug-likeness (QED) is 0.376. The number of piperidine rings is 1. The Labute approximate surface area is 104 Å². The Balaban J connectivity index is 2.62. The van der Waals surface area contributed by atoms with Gasteiger partial charge in [-0.1, -0.05) is 0 Å². The fourth-order valence-corrected chi connectivity index (χ4v) is 2.80. The van der Waals surface area contributed by atoms with E-state index in [9.17, 15) is 4.79 Å². The molecule has 17 heavy (non-hydrogen) atoms. The van der Waals surface area contributed by atoms with Crippen LogP contribution < -0.4 is 16.6 Å². The molecular weight excluding hydrogens is 216 g/mol. The van der Waals surface area contributed by atoms with Gasteiger partial charge in [-0.15, -0.1) is 0 Å². The summed E-state index contributed by atoms with van der Waals surface area (Å²) in [5.41, 5.74) is 2.42. The molecule has 0 aromatic carbocycles. The molecular formula is C12H26N4O. The van der Waals surface area contributed by atoms with E-state index in [1.165, 1.54) is 0 Å². The Hall–Kier alpha value is -0.650. The molecule has 1 saturated heterocycles. The summed E-state index contributed by atoms with van der Waals surface area (Å²) in [7, 11) is 2.17. The minimum absolute atomic E-state index is 0.138. The predicted molar refractivity (Wildman–Crippen MR) is 69.3 cm³/mol. The summed E-state index contributed by atoms with van der Waals surface area (Å²) in [5, 5.41) is 3.29. The minimum atomic E-state index is -0.167. The zero-order valence-corrected chi connectivity index (χ0v) is 11.6. The van der Waals surface area contributed by atoms with E-state index in [0.717, 1.165) is 12.8 Å². The smallest absolute Gasteiger partial charge is 0.247 e. The third-order valence-electron chi connectivity index (χ3n) is 4.02. The van der Waals surface area contributed by atoms with Crippen LogP contribution in [0.4, 0.5) is 0 Å². The highest BCUT2D eigenvalue weighted by atomic mass is 16.2. The minimum Gasteiger partial charge on any atom is -0.305 e. The lowest BCUT2D eigenvalue weighted by Crippen LogP contribution is -2.62. The van der Waals surface area contributed by atoms with Crippen molar-refractivity contribution in [3.8, 4) is 0 Å². The lowest BCUT2D eigenvalue weighted by molar-refractivity contribution is -0.120. The Bertz CT molecular complexity index is 270. The summed E-state index contributed by atoms with van der Waals surface area (Å²) in [6.07, 6.45) is 2.07. The maximum atomic E-state index is 11.1. The van der Waals surface area contributed by atoms with Gasteiger partial charge in [0.1, 0.15) is 0 Å². The topological polar surface area (TPSA) is 70.4 Å². The molecule has 0 bridgehead atoms. The van der Waals surface area contributed by atoms with Gasteiger partial charge in [0.15, 0.2) is 0 Å². The van der Waals surface area contributed by atoms with E-state index in [0.29, 0.717) is 6.04 Å². The maximum absolute atomic E-state index is 11.1. The van der Waals surface area contributed by atoms with Crippen molar-refractivity contribution in [2.24, 2.45) is 5.84 Å². The first-order valence-corrected chi connectivity index (χ1v) is 6.16. The molecule has 1 rings (SSSR count). The Kier molecular flexibility index (Phi) is 4.17. The van der Waals surface area contributed by atoms with Crippen LogP contribution in [0.25, 0.3) is 0 Å². The first-order chi connectivity index (χ1) is 7.69. The molecule has 1 heterocycles. The van der Waals surface area contributed by atoms with Crippen LogP contribution in [0.2, 0.25) is 0 Å². The van der Waals surface area contributed by atoms with Gasteiger partial charge in [-0.05, 0) is 47.6 Å². The van der Waals surface area contributed by atoms with Crippen molar-refractivity contribution in [2.75, 3.05) is 13.6 Å². The summed E-state index contributed by atoms with van der Waals surface area (Å²) in [6.45, 7) is 9.26. The van der Waals surface area contributed by atoms with E-state index in [1.54, 1.807) is 0 Å². The fraction of sp³-hybridized carbons (Fsp3) is 0.917. The zero-order valence-electron chi connectivity index (χ0n) is 11.6. The van der Waals surface area contributed by atoms with Crippen LogP contribution in [0.5, 0.6) is 0 Å². The van der Waals surface area contributed by atoms with Gasteiger partial charge in [0.05, 0.1) is 6.54 Å². The van der Waals surface area contributed by atoms with Crippen molar-refractivity contribution < 1.29 is 4.79 Å². The summed E-state index contributed by atoms with van der Waals surface area (Å²) >= 11 is 0. The van der Waals surface area contributed by atoms with E-state index >= 15 is 0 Å². The second-order valence-electron chi connectivity index (χ2n) is 6.24. The van der Waals surface area contributed by atoms with E-state index in [-0.39, 0.29) is 23.5 Å². The van der Waals surface area contributed by atoms with Crippen molar-refractivity contribution in [1.82, 2.24) is 15.6 Å². The molecule has 0 aromatic rings. The third kappa shape index (κ3) is 3.40. The molecule has 1 aliphatic heterocycles. The molecule has 1 amide bonds. The van der Waals surface area contributed by atoms with Crippen LogP contribution >= 0.6 is 0 Å². The van der Waals surface area contributed by atoms with E-state index in [1.807, 2.05) is 0 Å². The Morgan fingerprint density at radius 3 is 2.18 bits per heavy atom. The first-order valence-electron chi connectivity index (χ1n) is 6.16. The van der Waals surface area contributed by atoms with Gasteiger partial charge < -0.3 is 5.32 Å². The van der Waals surface area contributed by atoms with Gasteiger partial charge >= 0.3 is 0 Å². The zero-order chi connectivity index (χ0) is 13.3. The lowest BCUT2D eigenvalue weighted by atomic mass is 9.77. The first kappa shape index (κ1) is 14.4. The number of nitrogens with zero attached hydrogens (tertiary/aromatic N) is 1. The standard InChI is InChI=1S/C12H26N4O/c1-11(2)6-9(14-8-10(17)15-13)7-12(3,4)16(11)5/h9,14H,6-8,13H2,1-5H3,(H,15,17). The maximum Gasteiger partial charge on any atom is 0.247 e. The highest BCUT2D eigenvalue weighted by molar-refractivity contribution is 5.77. The molecule has 5 heteroatoms. The van der Waals surface area contributed by atoms with Crippen molar-refractivity contribution in [3.63, 3.8) is 0 Å². The highest BCUT2D eigenvalue weighted by Gasteiger charge is 2.42. The van der Waals surface area contributed by atoms with E-state index < -0.39 is 0 Å². The normalized spacial score (nSPS) is 24.6. The van der Waals surface area contributed by atoms with Crippen LogP contribution in [0.15, 0.2) is 0 Å². The lowest BCUT2D eigenvalue weighted by Gasteiger charge is -2.53. The molecule has 4 N–H and O–H groups in total. The second kappa shape index (κ2) is 4.92. The summed E-state index contributed by atoms with van der Waals surface area (Å²) in [5.74, 6) is 4.90.